The molecule has 1 aromatic carbocycles. The van der Waals surface area contributed by atoms with E-state index < -0.39 is 4.92 Å². The smallest absolute Gasteiger partial charge is 0.273 e. The van der Waals surface area contributed by atoms with Gasteiger partial charge in [0.2, 0.25) is 0 Å². The molecule has 0 bridgehead atoms. The van der Waals surface area contributed by atoms with E-state index in [1.165, 1.54) is 6.07 Å². The molecule has 104 valence electrons. The molecule has 0 radical (unpaired) electrons. The van der Waals surface area contributed by atoms with E-state index in [0.717, 1.165) is 5.56 Å². The summed E-state index contributed by atoms with van der Waals surface area (Å²) in [6.45, 7) is 2.14. The Hall–Kier alpha value is -2.21. The van der Waals surface area contributed by atoms with Gasteiger partial charge in [0.1, 0.15) is 0 Å². The molecule has 20 heavy (non-hydrogen) atoms. The Labute approximate surface area is 120 Å². The van der Waals surface area contributed by atoms with Gasteiger partial charge in [-0.3, -0.25) is 14.9 Å². The third kappa shape index (κ3) is 3.03. The molecule has 6 heteroatoms. The molecule has 0 spiro atoms. The number of thiophene rings is 1. The summed E-state index contributed by atoms with van der Waals surface area (Å²) in [6.07, 6.45) is 0. The minimum Gasteiger partial charge on any atom is -0.337 e. The largest absolute Gasteiger partial charge is 0.337 e. The lowest BCUT2D eigenvalue weighted by Gasteiger charge is -2.16. The van der Waals surface area contributed by atoms with Crippen molar-refractivity contribution in [2.45, 2.75) is 13.5 Å². The summed E-state index contributed by atoms with van der Waals surface area (Å²) in [5.74, 6) is -0.223. The zero-order valence-corrected chi connectivity index (χ0v) is 12.0. The van der Waals surface area contributed by atoms with Crippen LogP contribution in [0, 0.1) is 17.0 Å². The molecule has 0 aliphatic heterocycles. The summed E-state index contributed by atoms with van der Waals surface area (Å²) >= 11 is 1.57. The Morgan fingerprint density at radius 3 is 2.75 bits per heavy atom. The average molecular weight is 290 g/mol. The van der Waals surface area contributed by atoms with Crippen molar-refractivity contribution in [1.29, 1.82) is 0 Å². The fourth-order valence-electron chi connectivity index (χ4n) is 1.89. The summed E-state index contributed by atoms with van der Waals surface area (Å²) < 4.78 is 0. The standard InChI is InChI=1S/C14H14N2O3S/c1-10-3-4-12(7-13(10)16(18)19)14(17)15(2)8-11-5-6-20-9-11/h3-7,9H,8H2,1-2H3. The zero-order chi connectivity index (χ0) is 14.7. The first-order valence-electron chi connectivity index (χ1n) is 6.00. The van der Waals surface area contributed by atoms with Crippen LogP contribution < -0.4 is 0 Å². The van der Waals surface area contributed by atoms with Crippen molar-refractivity contribution >= 4 is 22.9 Å². The maximum Gasteiger partial charge on any atom is 0.273 e. The third-order valence-electron chi connectivity index (χ3n) is 3.00. The number of hydrogen-bond acceptors (Lipinski definition) is 4. The molecule has 1 amide bonds. The van der Waals surface area contributed by atoms with Gasteiger partial charge in [0.25, 0.3) is 11.6 Å². The second-order valence-corrected chi connectivity index (χ2v) is 5.33. The number of amides is 1. The Morgan fingerprint density at radius 2 is 2.15 bits per heavy atom. The molecule has 0 saturated heterocycles. The Bertz CT molecular complexity index is 638. The van der Waals surface area contributed by atoms with Gasteiger partial charge >= 0.3 is 0 Å². The number of nitrogens with zero attached hydrogens (tertiary/aromatic N) is 2. The normalized spacial score (nSPS) is 10.3. The number of carbonyl (C=O) groups is 1. The van der Waals surface area contributed by atoms with E-state index >= 15 is 0 Å². The SMILES string of the molecule is Cc1ccc(C(=O)N(C)Cc2ccsc2)cc1[N+](=O)[O-]. The van der Waals surface area contributed by atoms with Gasteiger partial charge in [0.15, 0.2) is 0 Å². The Kier molecular flexibility index (Phi) is 4.14. The number of carbonyl (C=O) groups excluding carboxylic acids is 1. The van der Waals surface area contributed by atoms with Crippen molar-refractivity contribution in [2.24, 2.45) is 0 Å². The predicted molar refractivity (Wildman–Crippen MR) is 77.9 cm³/mol. The lowest BCUT2D eigenvalue weighted by atomic mass is 10.1. The summed E-state index contributed by atoms with van der Waals surface area (Å²) in [5.41, 5.74) is 1.90. The Balaban J connectivity index is 2.20. The van der Waals surface area contributed by atoms with Crippen molar-refractivity contribution in [3.05, 3.63) is 61.8 Å². The van der Waals surface area contributed by atoms with Crippen molar-refractivity contribution < 1.29 is 9.72 Å². The topological polar surface area (TPSA) is 63.5 Å². The summed E-state index contributed by atoms with van der Waals surface area (Å²) in [7, 11) is 1.69. The van der Waals surface area contributed by atoms with E-state index in [1.807, 2.05) is 16.8 Å². The fourth-order valence-corrected chi connectivity index (χ4v) is 2.55. The molecule has 5 nitrogen and oxygen atoms in total. The highest BCUT2D eigenvalue weighted by Gasteiger charge is 2.17. The number of nitro groups is 1. The highest BCUT2D eigenvalue weighted by atomic mass is 32.1. The van der Waals surface area contributed by atoms with Crippen molar-refractivity contribution in [2.75, 3.05) is 7.05 Å². The number of hydrogen-bond donors (Lipinski definition) is 0. The molecule has 0 fully saturated rings. The number of rotatable bonds is 4. The summed E-state index contributed by atoms with van der Waals surface area (Å²) in [5, 5.41) is 14.8. The minimum atomic E-state index is -0.467. The highest BCUT2D eigenvalue weighted by molar-refractivity contribution is 7.07. The van der Waals surface area contributed by atoms with Crippen LogP contribution in [0.2, 0.25) is 0 Å². The third-order valence-corrected chi connectivity index (χ3v) is 3.73. The van der Waals surface area contributed by atoms with E-state index in [1.54, 1.807) is 42.3 Å². The second-order valence-electron chi connectivity index (χ2n) is 4.55. The molecular weight excluding hydrogens is 276 g/mol. The van der Waals surface area contributed by atoms with Gasteiger partial charge in [-0.15, -0.1) is 0 Å². The van der Waals surface area contributed by atoms with Gasteiger partial charge in [0, 0.05) is 30.8 Å². The number of aryl methyl sites for hydroxylation is 1. The second kappa shape index (κ2) is 5.83. The van der Waals surface area contributed by atoms with Crippen LogP contribution in [0.25, 0.3) is 0 Å². The molecule has 2 rings (SSSR count). The molecule has 0 N–H and O–H groups in total. The zero-order valence-electron chi connectivity index (χ0n) is 11.2. The van der Waals surface area contributed by atoms with Gasteiger partial charge in [-0.05, 0) is 35.4 Å². The monoisotopic (exact) mass is 290 g/mol. The molecule has 0 aliphatic rings. The van der Waals surface area contributed by atoms with Gasteiger partial charge < -0.3 is 4.90 Å². The van der Waals surface area contributed by atoms with Crippen LogP contribution in [0.4, 0.5) is 5.69 Å². The van der Waals surface area contributed by atoms with Crippen LogP contribution >= 0.6 is 11.3 Å². The van der Waals surface area contributed by atoms with E-state index in [4.69, 9.17) is 0 Å². The van der Waals surface area contributed by atoms with Gasteiger partial charge in [-0.1, -0.05) is 6.07 Å². The lowest BCUT2D eigenvalue weighted by Crippen LogP contribution is -2.26. The van der Waals surface area contributed by atoms with Gasteiger partial charge in [0.05, 0.1) is 4.92 Å². The van der Waals surface area contributed by atoms with E-state index in [-0.39, 0.29) is 11.6 Å². The molecule has 1 aromatic heterocycles. The first kappa shape index (κ1) is 14.2. The first-order chi connectivity index (χ1) is 9.49. The minimum absolute atomic E-state index is 0.0280. The van der Waals surface area contributed by atoms with E-state index in [9.17, 15) is 14.9 Å². The van der Waals surface area contributed by atoms with Crippen molar-refractivity contribution in [3.63, 3.8) is 0 Å². The number of nitro benzene ring substituents is 1. The molecule has 1 heterocycles. The first-order valence-corrected chi connectivity index (χ1v) is 6.95. The van der Waals surface area contributed by atoms with Crippen molar-refractivity contribution in [1.82, 2.24) is 4.90 Å². The van der Waals surface area contributed by atoms with Crippen LogP contribution in [0.5, 0.6) is 0 Å². The maximum atomic E-state index is 12.3. The van der Waals surface area contributed by atoms with Crippen LogP contribution in [-0.4, -0.2) is 22.8 Å². The Morgan fingerprint density at radius 1 is 1.40 bits per heavy atom. The van der Waals surface area contributed by atoms with Gasteiger partial charge in [-0.25, -0.2) is 0 Å². The quantitative estimate of drug-likeness (QED) is 0.641. The molecule has 0 atom stereocenters. The van der Waals surface area contributed by atoms with Crippen LogP contribution in [0.1, 0.15) is 21.5 Å². The lowest BCUT2D eigenvalue weighted by molar-refractivity contribution is -0.385. The molecule has 0 unspecified atom stereocenters. The summed E-state index contributed by atoms with van der Waals surface area (Å²) in [6, 6.07) is 6.51. The van der Waals surface area contributed by atoms with Crippen LogP contribution in [0.3, 0.4) is 0 Å². The van der Waals surface area contributed by atoms with Crippen LogP contribution in [-0.2, 0) is 6.54 Å². The van der Waals surface area contributed by atoms with Crippen LogP contribution in [0.15, 0.2) is 35.0 Å². The average Bonchev–Trinajstić information content (AvgIpc) is 2.91. The fraction of sp³-hybridized carbons (Fsp3) is 0.214. The highest BCUT2D eigenvalue weighted by Crippen LogP contribution is 2.20. The number of benzene rings is 1. The molecular formula is C14H14N2O3S. The van der Waals surface area contributed by atoms with E-state index in [0.29, 0.717) is 17.7 Å². The van der Waals surface area contributed by atoms with E-state index in [2.05, 4.69) is 0 Å². The maximum absolute atomic E-state index is 12.3. The molecule has 2 aromatic rings. The van der Waals surface area contributed by atoms with Gasteiger partial charge in [-0.2, -0.15) is 11.3 Å². The molecule has 0 saturated carbocycles. The molecule has 0 aliphatic carbocycles. The van der Waals surface area contributed by atoms with Crippen molar-refractivity contribution in [3.8, 4) is 0 Å². The summed E-state index contributed by atoms with van der Waals surface area (Å²) in [4.78, 5) is 24.3. The predicted octanol–water partition coefficient (Wildman–Crippen LogP) is 3.24.